The highest BCUT2D eigenvalue weighted by Crippen LogP contribution is 2.29. The molecule has 1 N–H and O–H groups in total. The lowest BCUT2D eigenvalue weighted by Gasteiger charge is -2.32. The zero-order chi connectivity index (χ0) is 20.1. The fourth-order valence-electron chi connectivity index (χ4n) is 4.41. The third kappa shape index (κ3) is 4.52. The smallest absolute Gasteiger partial charge is 0.224 e. The van der Waals surface area contributed by atoms with Gasteiger partial charge < -0.3 is 19.5 Å². The van der Waals surface area contributed by atoms with Gasteiger partial charge in [0.1, 0.15) is 12.2 Å². The molecule has 0 radical (unpaired) electrons. The summed E-state index contributed by atoms with van der Waals surface area (Å²) >= 11 is 0. The van der Waals surface area contributed by atoms with Crippen LogP contribution in [0.15, 0.2) is 6.33 Å². The Labute approximate surface area is 172 Å². The van der Waals surface area contributed by atoms with Gasteiger partial charge in [0, 0.05) is 45.8 Å². The summed E-state index contributed by atoms with van der Waals surface area (Å²) in [6, 6.07) is 0. The third-order valence-corrected chi connectivity index (χ3v) is 5.93. The Morgan fingerprint density at radius 3 is 3.07 bits per heavy atom. The Balaban J connectivity index is 1.46. The number of fused-ring (bicyclic) bond motifs is 3. The summed E-state index contributed by atoms with van der Waals surface area (Å²) in [6.07, 6.45) is 9.00. The highest BCUT2D eigenvalue weighted by molar-refractivity contribution is 5.85. The van der Waals surface area contributed by atoms with Gasteiger partial charge in [0.2, 0.25) is 5.91 Å². The quantitative estimate of drug-likeness (QED) is 0.718. The molecule has 29 heavy (non-hydrogen) atoms. The Kier molecular flexibility index (Phi) is 6.59. The van der Waals surface area contributed by atoms with Crippen LogP contribution in [0.25, 0.3) is 11.2 Å². The Morgan fingerprint density at radius 2 is 2.17 bits per heavy atom. The van der Waals surface area contributed by atoms with Crippen molar-refractivity contribution in [2.75, 3.05) is 37.7 Å². The predicted octanol–water partition coefficient (Wildman–Crippen LogP) is 2.31. The molecular weight excluding hydrogens is 368 g/mol. The summed E-state index contributed by atoms with van der Waals surface area (Å²) in [5, 5.41) is 3.07. The molecule has 4 rings (SSSR count). The van der Waals surface area contributed by atoms with E-state index in [1.165, 1.54) is 19.3 Å². The number of hydrogen-bond donors (Lipinski definition) is 1. The maximum atomic E-state index is 12.6. The summed E-state index contributed by atoms with van der Waals surface area (Å²) in [6.45, 7) is 6.63. The van der Waals surface area contributed by atoms with Crippen LogP contribution in [-0.4, -0.2) is 58.3 Å². The maximum Gasteiger partial charge on any atom is 0.224 e. The molecule has 0 aromatic carbocycles. The van der Waals surface area contributed by atoms with Gasteiger partial charge in [-0.2, -0.15) is 0 Å². The van der Waals surface area contributed by atoms with E-state index >= 15 is 0 Å². The molecule has 2 aliphatic heterocycles. The number of nitrogens with zero attached hydrogens (tertiary/aromatic N) is 5. The molecule has 8 heteroatoms. The van der Waals surface area contributed by atoms with Crippen LogP contribution in [0.4, 0.5) is 5.82 Å². The molecule has 8 nitrogen and oxygen atoms in total. The molecule has 2 aromatic rings. The normalized spacial score (nSPS) is 19.8. The van der Waals surface area contributed by atoms with Crippen molar-refractivity contribution in [2.45, 2.75) is 58.4 Å². The fraction of sp³-hybridized carbons (Fsp3) is 0.714. The molecule has 2 aromatic heterocycles. The van der Waals surface area contributed by atoms with Crippen molar-refractivity contribution in [3.8, 4) is 0 Å². The summed E-state index contributed by atoms with van der Waals surface area (Å²) in [5.41, 5.74) is 1.83. The number of piperidine rings is 1. The predicted molar refractivity (Wildman–Crippen MR) is 112 cm³/mol. The molecule has 0 spiro atoms. The number of carbonyl (C=O) groups is 1. The molecule has 1 saturated heterocycles. The van der Waals surface area contributed by atoms with Crippen molar-refractivity contribution in [1.29, 1.82) is 0 Å². The Bertz CT molecular complexity index is 836. The highest BCUT2D eigenvalue weighted by atomic mass is 16.5. The highest BCUT2D eigenvalue weighted by Gasteiger charge is 2.28. The van der Waals surface area contributed by atoms with Crippen LogP contribution in [0.3, 0.4) is 0 Å². The average molecular weight is 401 g/mol. The first-order valence-electron chi connectivity index (χ1n) is 11.1. The van der Waals surface area contributed by atoms with Gasteiger partial charge in [0.15, 0.2) is 17.0 Å². The standard InChI is InChI=1S/C21H32N6O2/c1-2-29-13-7-10-22-21(28)16-8-6-11-26(14-16)19-18-20(24-15-23-19)27-12-5-3-4-9-17(27)25-18/h15-16H,2-14H2,1H3,(H,22,28). The van der Waals surface area contributed by atoms with E-state index in [1.807, 2.05) is 6.92 Å². The van der Waals surface area contributed by atoms with E-state index in [2.05, 4.69) is 24.8 Å². The van der Waals surface area contributed by atoms with Gasteiger partial charge in [-0.1, -0.05) is 6.42 Å². The van der Waals surface area contributed by atoms with Crippen molar-refractivity contribution in [3.05, 3.63) is 12.2 Å². The largest absolute Gasteiger partial charge is 0.382 e. The van der Waals surface area contributed by atoms with E-state index in [1.54, 1.807) is 6.33 Å². The van der Waals surface area contributed by atoms with Crippen LogP contribution in [0, 0.1) is 5.92 Å². The van der Waals surface area contributed by atoms with Crippen molar-refractivity contribution in [1.82, 2.24) is 24.8 Å². The van der Waals surface area contributed by atoms with E-state index in [9.17, 15) is 4.79 Å². The summed E-state index contributed by atoms with van der Waals surface area (Å²) in [4.78, 5) is 28.9. The third-order valence-electron chi connectivity index (χ3n) is 5.93. The minimum absolute atomic E-state index is 0.0127. The summed E-state index contributed by atoms with van der Waals surface area (Å²) < 4.78 is 7.60. The molecule has 2 aliphatic rings. The van der Waals surface area contributed by atoms with E-state index in [-0.39, 0.29) is 11.8 Å². The topological polar surface area (TPSA) is 85.2 Å². The van der Waals surface area contributed by atoms with E-state index < -0.39 is 0 Å². The van der Waals surface area contributed by atoms with Crippen molar-refractivity contribution < 1.29 is 9.53 Å². The number of rotatable bonds is 7. The molecule has 1 unspecified atom stereocenters. The van der Waals surface area contributed by atoms with Crippen LogP contribution in [0.1, 0.15) is 51.3 Å². The molecule has 1 atom stereocenters. The van der Waals surface area contributed by atoms with Crippen molar-refractivity contribution in [2.24, 2.45) is 5.92 Å². The number of ether oxygens (including phenoxy) is 1. The minimum atomic E-state index is -0.0127. The van der Waals surface area contributed by atoms with Gasteiger partial charge in [-0.25, -0.2) is 15.0 Å². The number of amides is 1. The number of aromatic nitrogens is 4. The van der Waals surface area contributed by atoms with Crippen LogP contribution in [0.5, 0.6) is 0 Å². The molecule has 4 heterocycles. The zero-order valence-corrected chi connectivity index (χ0v) is 17.4. The zero-order valence-electron chi connectivity index (χ0n) is 17.4. The van der Waals surface area contributed by atoms with Gasteiger partial charge in [-0.3, -0.25) is 4.79 Å². The van der Waals surface area contributed by atoms with Gasteiger partial charge in [0.05, 0.1) is 5.92 Å². The van der Waals surface area contributed by atoms with Crippen molar-refractivity contribution >= 4 is 22.9 Å². The summed E-state index contributed by atoms with van der Waals surface area (Å²) in [7, 11) is 0. The second-order valence-electron chi connectivity index (χ2n) is 7.99. The molecule has 0 saturated carbocycles. The lowest BCUT2D eigenvalue weighted by Crippen LogP contribution is -2.43. The number of aryl methyl sites for hydroxylation is 2. The second-order valence-corrected chi connectivity index (χ2v) is 7.99. The van der Waals surface area contributed by atoms with Crippen LogP contribution in [-0.2, 0) is 22.5 Å². The Morgan fingerprint density at radius 1 is 1.24 bits per heavy atom. The molecule has 0 aliphatic carbocycles. The van der Waals surface area contributed by atoms with Crippen molar-refractivity contribution in [3.63, 3.8) is 0 Å². The van der Waals surface area contributed by atoms with Gasteiger partial charge >= 0.3 is 0 Å². The SMILES string of the molecule is CCOCCCNC(=O)C1CCCN(c2ncnc3c2nc2n3CCCCC2)C1. The molecule has 0 bridgehead atoms. The number of imidazole rings is 1. The van der Waals surface area contributed by atoms with E-state index in [0.29, 0.717) is 19.7 Å². The summed E-state index contributed by atoms with van der Waals surface area (Å²) in [5.74, 6) is 2.13. The Hall–Kier alpha value is -2.22. The monoisotopic (exact) mass is 400 g/mol. The van der Waals surface area contributed by atoms with E-state index in [0.717, 1.165) is 68.2 Å². The van der Waals surface area contributed by atoms with Crippen LogP contribution in [0.2, 0.25) is 0 Å². The minimum Gasteiger partial charge on any atom is -0.382 e. The molecule has 158 valence electrons. The molecule has 1 amide bonds. The fourth-order valence-corrected chi connectivity index (χ4v) is 4.41. The first kappa shape index (κ1) is 20.1. The van der Waals surface area contributed by atoms with Gasteiger partial charge in [0.25, 0.3) is 0 Å². The first-order chi connectivity index (χ1) is 14.3. The van der Waals surface area contributed by atoms with Crippen LogP contribution < -0.4 is 10.2 Å². The van der Waals surface area contributed by atoms with Gasteiger partial charge in [-0.15, -0.1) is 0 Å². The van der Waals surface area contributed by atoms with Gasteiger partial charge in [-0.05, 0) is 39.0 Å². The molecular formula is C21H32N6O2. The average Bonchev–Trinajstić information content (AvgIpc) is 2.94. The number of nitrogens with one attached hydrogen (secondary N) is 1. The molecule has 1 fully saturated rings. The first-order valence-corrected chi connectivity index (χ1v) is 11.1. The lowest BCUT2D eigenvalue weighted by molar-refractivity contribution is -0.125. The van der Waals surface area contributed by atoms with E-state index in [4.69, 9.17) is 9.72 Å². The second kappa shape index (κ2) is 9.52. The van der Waals surface area contributed by atoms with Crippen LogP contribution >= 0.6 is 0 Å². The number of anilines is 1. The number of hydrogen-bond acceptors (Lipinski definition) is 6. The maximum absolute atomic E-state index is 12.6. The lowest BCUT2D eigenvalue weighted by atomic mass is 9.97. The number of carbonyl (C=O) groups excluding carboxylic acids is 1.